The summed E-state index contributed by atoms with van der Waals surface area (Å²) in [6, 6.07) is 3.16. The monoisotopic (exact) mass is 282 g/mol. The minimum atomic E-state index is 0.791. The molecule has 1 N–H and O–H groups in total. The van der Waals surface area contributed by atoms with Gasteiger partial charge in [0.15, 0.2) is 0 Å². The molecule has 1 aromatic rings. The topological polar surface area (TPSA) is 24.5 Å². The quantitative estimate of drug-likeness (QED) is 0.705. The molecule has 0 bridgehead atoms. The van der Waals surface area contributed by atoms with Crippen molar-refractivity contribution >= 4 is 11.3 Å². The Morgan fingerprint density at radius 3 is 2.95 bits per heavy atom. The molecule has 3 nitrogen and oxygen atoms in total. The van der Waals surface area contributed by atoms with Crippen LogP contribution in [0.5, 0.6) is 0 Å². The van der Waals surface area contributed by atoms with Gasteiger partial charge in [-0.25, -0.2) is 0 Å². The van der Waals surface area contributed by atoms with Gasteiger partial charge in [0.1, 0.15) is 0 Å². The predicted octanol–water partition coefficient (Wildman–Crippen LogP) is 2.78. The summed E-state index contributed by atoms with van der Waals surface area (Å²) in [6.07, 6.45) is 2.72. The molecule has 0 saturated heterocycles. The summed E-state index contributed by atoms with van der Waals surface area (Å²) in [5, 5.41) is 3.59. The van der Waals surface area contributed by atoms with Crippen molar-refractivity contribution in [2.45, 2.75) is 45.8 Å². The molecule has 4 heteroatoms. The molecular formula is C15H26N2OS. The molecule has 0 aromatic carbocycles. The fourth-order valence-electron chi connectivity index (χ4n) is 2.10. The maximum Gasteiger partial charge on any atom is 0.0593 e. The molecule has 0 atom stereocenters. The number of hydrogen-bond acceptors (Lipinski definition) is 4. The summed E-state index contributed by atoms with van der Waals surface area (Å²) in [7, 11) is 2.16. The standard InChI is InChI=1S/C15H26N2OS/c1-4-18-8-7-17(3)11-13-9-15(19-12(13)2)10-16-14-5-6-14/h9,14,16H,4-8,10-11H2,1-3H3. The number of nitrogens with one attached hydrogen (secondary N) is 1. The zero-order valence-electron chi connectivity index (χ0n) is 12.4. The third-order valence-electron chi connectivity index (χ3n) is 3.48. The number of aryl methyl sites for hydroxylation is 1. The average Bonchev–Trinajstić information content (AvgIpc) is 3.13. The first-order chi connectivity index (χ1) is 9.19. The van der Waals surface area contributed by atoms with Crippen molar-refractivity contribution < 1.29 is 4.74 Å². The highest BCUT2D eigenvalue weighted by Gasteiger charge is 2.20. The van der Waals surface area contributed by atoms with E-state index in [0.717, 1.165) is 38.9 Å². The van der Waals surface area contributed by atoms with Crippen LogP contribution in [0.25, 0.3) is 0 Å². The lowest BCUT2D eigenvalue weighted by atomic mass is 10.2. The van der Waals surface area contributed by atoms with E-state index in [4.69, 9.17) is 4.74 Å². The summed E-state index contributed by atoms with van der Waals surface area (Å²) >= 11 is 1.93. The van der Waals surface area contributed by atoms with E-state index in [1.165, 1.54) is 28.2 Å². The van der Waals surface area contributed by atoms with Crippen LogP contribution in [0.15, 0.2) is 6.07 Å². The Balaban J connectivity index is 1.77. The van der Waals surface area contributed by atoms with Crippen LogP contribution in [0.4, 0.5) is 0 Å². The molecule has 1 heterocycles. The van der Waals surface area contributed by atoms with E-state index in [9.17, 15) is 0 Å². The van der Waals surface area contributed by atoms with Crippen molar-refractivity contribution in [2.24, 2.45) is 0 Å². The van der Waals surface area contributed by atoms with E-state index in [1.54, 1.807) is 0 Å². The van der Waals surface area contributed by atoms with Crippen LogP contribution in [0.3, 0.4) is 0 Å². The molecule has 2 rings (SSSR count). The zero-order chi connectivity index (χ0) is 13.7. The Morgan fingerprint density at radius 1 is 1.47 bits per heavy atom. The fraction of sp³-hybridized carbons (Fsp3) is 0.733. The Hall–Kier alpha value is -0.420. The second kappa shape index (κ2) is 7.39. The van der Waals surface area contributed by atoms with Gasteiger partial charge in [0.25, 0.3) is 0 Å². The van der Waals surface area contributed by atoms with E-state index in [1.807, 2.05) is 18.3 Å². The molecule has 0 aliphatic heterocycles. The number of thiophene rings is 1. The van der Waals surface area contributed by atoms with Gasteiger partial charge in [-0.3, -0.25) is 4.90 Å². The maximum absolute atomic E-state index is 5.40. The largest absolute Gasteiger partial charge is 0.380 e. The highest BCUT2D eigenvalue weighted by molar-refractivity contribution is 7.12. The van der Waals surface area contributed by atoms with Gasteiger partial charge >= 0.3 is 0 Å². The molecule has 19 heavy (non-hydrogen) atoms. The van der Waals surface area contributed by atoms with Gasteiger partial charge in [0.2, 0.25) is 0 Å². The van der Waals surface area contributed by atoms with Gasteiger partial charge in [-0.1, -0.05) is 0 Å². The van der Waals surface area contributed by atoms with Crippen molar-refractivity contribution in [3.8, 4) is 0 Å². The fourth-order valence-corrected chi connectivity index (χ4v) is 3.10. The van der Waals surface area contributed by atoms with Gasteiger partial charge in [-0.2, -0.15) is 0 Å². The molecule has 0 unspecified atom stereocenters. The van der Waals surface area contributed by atoms with Crippen LogP contribution in [0.1, 0.15) is 35.1 Å². The maximum atomic E-state index is 5.40. The molecule has 1 aromatic heterocycles. The molecule has 0 amide bonds. The highest BCUT2D eigenvalue weighted by Crippen LogP contribution is 2.25. The molecule has 1 aliphatic rings. The Kier molecular flexibility index (Phi) is 5.82. The summed E-state index contributed by atoms with van der Waals surface area (Å²) in [4.78, 5) is 5.26. The summed E-state index contributed by atoms with van der Waals surface area (Å²) in [5.74, 6) is 0. The smallest absolute Gasteiger partial charge is 0.0593 e. The minimum absolute atomic E-state index is 0.791. The number of rotatable bonds is 9. The Bertz CT molecular complexity index is 387. The molecule has 0 radical (unpaired) electrons. The van der Waals surface area contributed by atoms with Gasteiger partial charge in [0, 0.05) is 42.0 Å². The third kappa shape index (κ3) is 5.22. The van der Waals surface area contributed by atoms with E-state index in [2.05, 4.69) is 30.3 Å². The molecule has 108 valence electrons. The first-order valence-electron chi connectivity index (χ1n) is 7.27. The Labute approximate surface area is 121 Å². The van der Waals surface area contributed by atoms with Crippen LogP contribution >= 0.6 is 11.3 Å². The van der Waals surface area contributed by atoms with E-state index >= 15 is 0 Å². The lowest BCUT2D eigenvalue weighted by Gasteiger charge is -2.16. The van der Waals surface area contributed by atoms with E-state index in [-0.39, 0.29) is 0 Å². The number of ether oxygens (including phenoxy) is 1. The molecule has 0 spiro atoms. The first-order valence-corrected chi connectivity index (χ1v) is 8.08. The van der Waals surface area contributed by atoms with Gasteiger partial charge in [0.05, 0.1) is 6.61 Å². The third-order valence-corrected chi connectivity index (χ3v) is 4.57. The normalized spacial score (nSPS) is 15.4. The van der Waals surface area contributed by atoms with Gasteiger partial charge in [-0.15, -0.1) is 11.3 Å². The van der Waals surface area contributed by atoms with Crippen LogP contribution < -0.4 is 5.32 Å². The molecular weight excluding hydrogens is 256 g/mol. The summed E-state index contributed by atoms with van der Waals surface area (Å²) < 4.78 is 5.40. The molecule has 1 fully saturated rings. The van der Waals surface area contributed by atoms with Crippen molar-refractivity contribution in [3.05, 3.63) is 21.4 Å². The van der Waals surface area contributed by atoms with Crippen LogP contribution in [-0.2, 0) is 17.8 Å². The highest BCUT2D eigenvalue weighted by atomic mass is 32.1. The summed E-state index contributed by atoms with van der Waals surface area (Å²) in [6.45, 7) is 8.98. The number of likely N-dealkylation sites (N-methyl/N-ethyl adjacent to an activating group) is 1. The first kappa shape index (κ1) is 15.0. The van der Waals surface area contributed by atoms with Gasteiger partial charge in [-0.05, 0) is 45.4 Å². The lowest BCUT2D eigenvalue weighted by Crippen LogP contribution is -2.22. The Morgan fingerprint density at radius 2 is 2.26 bits per heavy atom. The zero-order valence-corrected chi connectivity index (χ0v) is 13.2. The minimum Gasteiger partial charge on any atom is -0.380 e. The van der Waals surface area contributed by atoms with Crippen LogP contribution in [-0.4, -0.2) is 37.7 Å². The second-order valence-corrected chi connectivity index (χ2v) is 6.72. The van der Waals surface area contributed by atoms with Crippen molar-refractivity contribution in [3.63, 3.8) is 0 Å². The average molecular weight is 282 g/mol. The number of nitrogens with zero attached hydrogens (tertiary/aromatic N) is 1. The van der Waals surface area contributed by atoms with Crippen molar-refractivity contribution in [1.82, 2.24) is 10.2 Å². The summed E-state index contributed by atoms with van der Waals surface area (Å²) in [5.41, 5.74) is 1.47. The van der Waals surface area contributed by atoms with Crippen LogP contribution in [0.2, 0.25) is 0 Å². The predicted molar refractivity (Wildman–Crippen MR) is 81.7 cm³/mol. The lowest BCUT2D eigenvalue weighted by molar-refractivity contribution is 0.120. The van der Waals surface area contributed by atoms with Gasteiger partial charge < -0.3 is 10.1 Å². The SMILES string of the molecule is CCOCCN(C)Cc1cc(CNC2CC2)sc1C. The van der Waals surface area contributed by atoms with Crippen molar-refractivity contribution in [1.29, 1.82) is 0 Å². The molecule has 1 saturated carbocycles. The van der Waals surface area contributed by atoms with E-state index < -0.39 is 0 Å². The molecule has 1 aliphatic carbocycles. The van der Waals surface area contributed by atoms with Crippen molar-refractivity contribution in [2.75, 3.05) is 26.8 Å². The van der Waals surface area contributed by atoms with E-state index in [0.29, 0.717) is 0 Å². The van der Waals surface area contributed by atoms with Crippen LogP contribution in [0, 0.1) is 6.92 Å². The second-order valence-electron chi connectivity index (χ2n) is 5.38. The number of hydrogen-bond donors (Lipinski definition) is 1.